The number of aliphatic imine (C=N–C) groups is 1. The third kappa shape index (κ3) is 9.73. The zero-order valence-corrected chi connectivity index (χ0v) is 16.8. The van der Waals surface area contributed by atoms with Gasteiger partial charge in [0.25, 0.3) is 0 Å². The fourth-order valence-electron chi connectivity index (χ4n) is 2.43. The van der Waals surface area contributed by atoms with Gasteiger partial charge in [0.15, 0.2) is 5.96 Å². The molecule has 0 aliphatic carbocycles. The number of guanidine groups is 1. The van der Waals surface area contributed by atoms with Crippen molar-refractivity contribution in [2.75, 3.05) is 40.4 Å². The number of nitrogens with zero attached hydrogens (tertiary/aromatic N) is 2. The lowest BCUT2D eigenvalue weighted by Crippen LogP contribution is -2.38. The summed E-state index contributed by atoms with van der Waals surface area (Å²) in [6, 6.07) is 5.21. The molecule has 1 rings (SSSR count). The van der Waals surface area contributed by atoms with Gasteiger partial charge in [0.05, 0.1) is 6.54 Å². The van der Waals surface area contributed by atoms with E-state index in [9.17, 15) is 4.39 Å². The number of unbranched alkanes of at least 4 members (excludes halogenated alkanes) is 1. The molecule has 0 radical (unpaired) electrons. The number of hydrogen-bond acceptors (Lipinski definition) is 3. The highest BCUT2D eigenvalue weighted by Crippen LogP contribution is 2.13. The van der Waals surface area contributed by atoms with E-state index in [-0.39, 0.29) is 5.82 Å². The summed E-state index contributed by atoms with van der Waals surface area (Å²) in [5.41, 5.74) is 1.70. The average Bonchev–Trinajstić information content (AvgIpc) is 2.60. The maximum absolute atomic E-state index is 13.9. The molecule has 0 aromatic heterocycles. The van der Waals surface area contributed by atoms with Crippen molar-refractivity contribution in [1.29, 1.82) is 0 Å². The van der Waals surface area contributed by atoms with Crippen LogP contribution in [0.15, 0.2) is 23.2 Å². The molecule has 5 nitrogen and oxygen atoms in total. The molecule has 148 valence electrons. The smallest absolute Gasteiger partial charge is 0.191 e. The van der Waals surface area contributed by atoms with Gasteiger partial charge in [-0.05, 0) is 51.6 Å². The molecule has 1 aromatic carbocycles. The van der Waals surface area contributed by atoms with Crippen LogP contribution in [0.2, 0.25) is 0 Å². The highest BCUT2D eigenvalue weighted by molar-refractivity contribution is 5.79. The van der Waals surface area contributed by atoms with Crippen molar-refractivity contribution in [3.63, 3.8) is 0 Å². The third-order valence-electron chi connectivity index (χ3n) is 3.76. The standard InChI is InChI=1S/C20H35FN4O/c1-5-7-12-26-13-8-11-23-20(22-6-2)24-15-17-9-10-19(21)18(14-17)16-25(3)4/h9-10,14H,5-8,11-13,15-16H2,1-4H3,(H2,22,23,24). The Bertz CT molecular complexity index is 535. The predicted octanol–water partition coefficient (Wildman–Crippen LogP) is 3.15. The second kappa shape index (κ2) is 13.5. The summed E-state index contributed by atoms with van der Waals surface area (Å²) in [5, 5.41) is 6.55. The molecule has 6 heteroatoms. The zero-order chi connectivity index (χ0) is 19.2. The topological polar surface area (TPSA) is 48.9 Å². The quantitative estimate of drug-likeness (QED) is 0.339. The van der Waals surface area contributed by atoms with Crippen LogP contribution in [0, 0.1) is 5.82 Å². The van der Waals surface area contributed by atoms with Gasteiger partial charge in [0.1, 0.15) is 5.82 Å². The molecule has 26 heavy (non-hydrogen) atoms. The minimum atomic E-state index is -0.167. The Kier molecular flexibility index (Phi) is 11.6. The number of nitrogens with one attached hydrogen (secondary N) is 2. The van der Waals surface area contributed by atoms with E-state index in [4.69, 9.17) is 4.74 Å². The van der Waals surface area contributed by atoms with Crippen molar-refractivity contribution in [3.8, 4) is 0 Å². The SMILES string of the molecule is CCCCOCCCNC(=NCc1ccc(F)c(CN(C)C)c1)NCC. The fraction of sp³-hybridized carbons (Fsp3) is 0.650. The van der Waals surface area contributed by atoms with Crippen molar-refractivity contribution in [1.82, 2.24) is 15.5 Å². The lowest BCUT2D eigenvalue weighted by molar-refractivity contribution is 0.129. The van der Waals surface area contributed by atoms with Crippen LogP contribution in [-0.4, -0.2) is 51.3 Å². The maximum Gasteiger partial charge on any atom is 0.191 e. The van der Waals surface area contributed by atoms with Gasteiger partial charge in [-0.1, -0.05) is 19.4 Å². The molecule has 0 amide bonds. The van der Waals surface area contributed by atoms with Crippen molar-refractivity contribution in [2.24, 2.45) is 4.99 Å². The highest BCUT2D eigenvalue weighted by Gasteiger charge is 2.05. The van der Waals surface area contributed by atoms with Crippen LogP contribution >= 0.6 is 0 Å². The largest absolute Gasteiger partial charge is 0.381 e. The van der Waals surface area contributed by atoms with Gasteiger partial charge < -0.3 is 20.3 Å². The second-order valence-electron chi connectivity index (χ2n) is 6.60. The molecule has 0 bridgehead atoms. The zero-order valence-electron chi connectivity index (χ0n) is 16.8. The van der Waals surface area contributed by atoms with E-state index in [1.807, 2.05) is 32.0 Å². The van der Waals surface area contributed by atoms with Crippen molar-refractivity contribution < 1.29 is 9.13 Å². The van der Waals surface area contributed by atoms with Gasteiger partial charge in [-0.15, -0.1) is 0 Å². The van der Waals surface area contributed by atoms with E-state index in [0.717, 1.165) is 57.1 Å². The van der Waals surface area contributed by atoms with E-state index in [1.54, 1.807) is 6.07 Å². The molecular weight excluding hydrogens is 331 g/mol. The van der Waals surface area contributed by atoms with Crippen LogP contribution in [0.1, 0.15) is 44.2 Å². The Balaban J connectivity index is 2.50. The molecule has 0 saturated carbocycles. The average molecular weight is 367 g/mol. The highest BCUT2D eigenvalue weighted by atomic mass is 19.1. The number of hydrogen-bond donors (Lipinski definition) is 2. The van der Waals surface area contributed by atoms with Gasteiger partial charge in [-0.3, -0.25) is 0 Å². The monoisotopic (exact) mass is 366 g/mol. The van der Waals surface area contributed by atoms with E-state index >= 15 is 0 Å². The summed E-state index contributed by atoms with van der Waals surface area (Å²) in [5.74, 6) is 0.610. The minimum absolute atomic E-state index is 0.167. The van der Waals surface area contributed by atoms with E-state index < -0.39 is 0 Å². The molecular formula is C20H35FN4O. The van der Waals surface area contributed by atoms with E-state index in [2.05, 4.69) is 22.5 Å². The second-order valence-corrected chi connectivity index (χ2v) is 6.60. The van der Waals surface area contributed by atoms with Gasteiger partial charge >= 0.3 is 0 Å². The van der Waals surface area contributed by atoms with Crippen LogP contribution in [0.25, 0.3) is 0 Å². The van der Waals surface area contributed by atoms with Gasteiger partial charge in [0, 0.05) is 38.4 Å². The predicted molar refractivity (Wildman–Crippen MR) is 107 cm³/mol. The third-order valence-corrected chi connectivity index (χ3v) is 3.76. The first-order valence-corrected chi connectivity index (χ1v) is 9.58. The summed E-state index contributed by atoms with van der Waals surface area (Å²) in [4.78, 5) is 6.56. The number of ether oxygens (including phenoxy) is 1. The Morgan fingerprint density at radius 2 is 1.92 bits per heavy atom. The van der Waals surface area contributed by atoms with E-state index in [0.29, 0.717) is 18.7 Å². The normalized spacial score (nSPS) is 11.8. The first-order chi connectivity index (χ1) is 12.6. The van der Waals surface area contributed by atoms with Gasteiger partial charge in [-0.2, -0.15) is 0 Å². The van der Waals surface area contributed by atoms with Crippen LogP contribution in [0.3, 0.4) is 0 Å². The molecule has 0 atom stereocenters. The molecule has 1 aromatic rings. The Hall–Kier alpha value is -1.66. The lowest BCUT2D eigenvalue weighted by atomic mass is 10.1. The maximum atomic E-state index is 13.9. The van der Waals surface area contributed by atoms with E-state index in [1.165, 1.54) is 6.07 Å². The minimum Gasteiger partial charge on any atom is -0.381 e. The van der Waals surface area contributed by atoms with Crippen molar-refractivity contribution in [2.45, 2.75) is 46.2 Å². The Morgan fingerprint density at radius 1 is 1.15 bits per heavy atom. The van der Waals surface area contributed by atoms with Gasteiger partial charge in [-0.25, -0.2) is 9.38 Å². The molecule has 0 aliphatic heterocycles. The van der Waals surface area contributed by atoms with Crippen LogP contribution in [0.4, 0.5) is 4.39 Å². The summed E-state index contributed by atoms with van der Waals surface area (Å²) in [6.07, 6.45) is 3.22. The van der Waals surface area contributed by atoms with Crippen LogP contribution in [0.5, 0.6) is 0 Å². The number of halogens is 1. The Morgan fingerprint density at radius 3 is 2.62 bits per heavy atom. The van der Waals surface area contributed by atoms with Crippen molar-refractivity contribution in [3.05, 3.63) is 35.1 Å². The number of rotatable bonds is 12. The van der Waals surface area contributed by atoms with Crippen LogP contribution in [-0.2, 0) is 17.8 Å². The number of benzene rings is 1. The summed E-state index contributed by atoms with van der Waals surface area (Å²) < 4.78 is 19.4. The first-order valence-electron chi connectivity index (χ1n) is 9.58. The molecule has 0 heterocycles. The summed E-state index contributed by atoms with van der Waals surface area (Å²) >= 11 is 0. The molecule has 2 N–H and O–H groups in total. The fourth-order valence-corrected chi connectivity index (χ4v) is 2.43. The molecule has 0 saturated heterocycles. The molecule has 0 unspecified atom stereocenters. The molecule has 0 fully saturated rings. The Labute approximate surface area is 158 Å². The lowest BCUT2D eigenvalue weighted by Gasteiger charge is -2.13. The van der Waals surface area contributed by atoms with Crippen molar-refractivity contribution >= 4 is 5.96 Å². The molecule has 0 aliphatic rings. The molecule has 0 spiro atoms. The van der Waals surface area contributed by atoms with Gasteiger partial charge in [0.2, 0.25) is 0 Å². The summed E-state index contributed by atoms with van der Waals surface area (Å²) in [6.45, 7) is 8.51. The first kappa shape index (κ1) is 22.4. The summed E-state index contributed by atoms with van der Waals surface area (Å²) in [7, 11) is 3.87. The van der Waals surface area contributed by atoms with Crippen LogP contribution < -0.4 is 10.6 Å².